The monoisotopic (exact) mass is 253 g/mol. The Morgan fingerprint density at radius 3 is 1.89 bits per heavy atom. The van der Waals surface area contributed by atoms with Gasteiger partial charge < -0.3 is 0 Å². The molecule has 0 saturated heterocycles. The van der Waals surface area contributed by atoms with E-state index in [1.807, 2.05) is 0 Å². The number of hydrogen-bond donors (Lipinski definition) is 0. The summed E-state index contributed by atoms with van der Waals surface area (Å²) in [5.41, 5.74) is 1.98. The van der Waals surface area contributed by atoms with Crippen molar-refractivity contribution in [1.82, 2.24) is 4.90 Å². The molecule has 1 unspecified atom stereocenters. The van der Waals surface area contributed by atoms with Crippen molar-refractivity contribution in [3.05, 3.63) is 12.2 Å². The van der Waals surface area contributed by atoms with E-state index in [1.54, 1.807) is 0 Å². The summed E-state index contributed by atoms with van der Waals surface area (Å²) in [7, 11) is 2.23. The highest BCUT2D eigenvalue weighted by molar-refractivity contribution is 5.04. The van der Waals surface area contributed by atoms with Crippen molar-refractivity contribution >= 4 is 0 Å². The molecule has 0 aromatic rings. The molecule has 0 fully saturated rings. The van der Waals surface area contributed by atoms with Crippen molar-refractivity contribution in [3.8, 4) is 0 Å². The van der Waals surface area contributed by atoms with Crippen LogP contribution in [0.2, 0.25) is 0 Å². The van der Waals surface area contributed by atoms with E-state index in [-0.39, 0.29) is 5.54 Å². The lowest BCUT2D eigenvalue weighted by Gasteiger charge is -2.39. The van der Waals surface area contributed by atoms with E-state index in [0.29, 0.717) is 11.5 Å². The molecule has 0 aromatic carbocycles. The molecule has 0 aliphatic heterocycles. The first kappa shape index (κ1) is 17.7. The Morgan fingerprint density at radius 2 is 1.56 bits per heavy atom. The molecule has 0 saturated carbocycles. The van der Waals surface area contributed by atoms with Gasteiger partial charge in [0.2, 0.25) is 0 Å². The summed E-state index contributed by atoms with van der Waals surface area (Å²) in [4.78, 5) is 2.46. The van der Waals surface area contributed by atoms with Gasteiger partial charge in [0.1, 0.15) is 0 Å². The van der Waals surface area contributed by atoms with Crippen LogP contribution in [0.15, 0.2) is 12.2 Å². The molecular weight excluding hydrogens is 218 g/mol. The van der Waals surface area contributed by atoms with Crippen LogP contribution in [0.4, 0.5) is 0 Å². The summed E-state index contributed by atoms with van der Waals surface area (Å²) < 4.78 is 0. The van der Waals surface area contributed by atoms with Gasteiger partial charge in [0.05, 0.1) is 0 Å². The van der Waals surface area contributed by atoms with Crippen molar-refractivity contribution in [2.45, 2.75) is 85.7 Å². The van der Waals surface area contributed by atoms with E-state index in [9.17, 15) is 0 Å². The molecule has 1 heteroatoms. The smallest absolute Gasteiger partial charge is 0.0304 e. The zero-order chi connectivity index (χ0) is 14.6. The Hall–Kier alpha value is -0.300. The van der Waals surface area contributed by atoms with E-state index in [1.165, 1.54) is 31.3 Å². The van der Waals surface area contributed by atoms with Crippen molar-refractivity contribution in [3.63, 3.8) is 0 Å². The highest BCUT2D eigenvalue weighted by atomic mass is 15.2. The topological polar surface area (TPSA) is 3.24 Å². The normalized spacial score (nSPS) is 14.9. The SMILES string of the molecule is C=C(C)C(CCCCC(C)(C)C)N(C)C(C)(C)C. The van der Waals surface area contributed by atoms with Gasteiger partial charge in [-0.15, -0.1) is 0 Å². The maximum absolute atomic E-state index is 4.18. The van der Waals surface area contributed by atoms with Gasteiger partial charge in [-0.3, -0.25) is 4.90 Å². The van der Waals surface area contributed by atoms with Crippen LogP contribution in [-0.4, -0.2) is 23.5 Å². The molecule has 1 nitrogen and oxygen atoms in total. The molecule has 0 aliphatic carbocycles. The van der Waals surface area contributed by atoms with Crippen molar-refractivity contribution in [2.75, 3.05) is 7.05 Å². The molecule has 0 bridgehead atoms. The summed E-state index contributed by atoms with van der Waals surface area (Å²) in [6.07, 6.45) is 5.18. The van der Waals surface area contributed by atoms with Gasteiger partial charge in [-0.2, -0.15) is 0 Å². The fourth-order valence-electron chi connectivity index (χ4n) is 2.23. The van der Waals surface area contributed by atoms with E-state index < -0.39 is 0 Å². The number of hydrogen-bond acceptors (Lipinski definition) is 1. The van der Waals surface area contributed by atoms with Crippen LogP contribution in [0.3, 0.4) is 0 Å². The minimum absolute atomic E-state index is 0.216. The molecule has 0 spiro atoms. The highest BCUT2D eigenvalue weighted by Gasteiger charge is 2.25. The van der Waals surface area contributed by atoms with E-state index in [2.05, 4.69) is 67.0 Å². The maximum atomic E-state index is 4.18. The Morgan fingerprint density at radius 1 is 1.06 bits per heavy atom. The van der Waals surface area contributed by atoms with Crippen LogP contribution in [0.5, 0.6) is 0 Å². The van der Waals surface area contributed by atoms with Crippen molar-refractivity contribution in [1.29, 1.82) is 0 Å². The van der Waals surface area contributed by atoms with Crippen molar-refractivity contribution < 1.29 is 0 Å². The standard InChI is InChI=1S/C17H35N/c1-14(2)15(18(9)17(6,7)8)12-10-11-13-16(3,4)5/h15H,1,10-13H2,2-9H3. The van der Waals surface area contributed by atoms with Gasteiger partial charge in [0, 0.05) is 11.6 Å². The molecular formula is C17H35N. The third-order valence-electron chi connectivity index (χ3n) is 3.75. The fraction of sp³-hybridized carbons (Fsp3) is 0.882. The first-order valence-electron chi connectivity index (χ1n) is 7.33. The van der Waals surface area contributed by atoms with Crippen LogP contribution >= 0.6 is 0 Å². The van der Waals surface area contributed by atoms with Gasteiger partial charge in [-0.05, 0) is 53.0 Å². The lowest BCUT2D eigenvalue weighted by atomic mass is 9.88. The maximum Gasteiger partial charge on any atom is 0.0304 e. The minimum Gasteiger partial charge on any atom is -0.295 e. The van der Waals surface area contributed by atoms with Crippen LogP contribution in [-0.2, 0) is 0 Å². The molecule has 108 valence electrons. The minimum atomic E-state index is 0.216. The molecule has 0 N–H and O–H groups in total. The molecule has 0 aliphatic rings. The number of likely N-dealkylation sites (N-methyl/N-ethyl adjacent to an activating group) is 1. The van der Waals surface area contributed by atoms with Gasteiger partial charge in [-0.25, -0.2) is 0 Å². The quantitative estimate of drug-likeness (QED) is 0.460. The second-order valence-corrected chi connectivity index (χ2v) is 7.95. The summed E-state index contributed by atoms with van der Waals surface area (Å²) >= 11 is 0. The van der Waals surface area contributed by atoms with Gasteiger partial charge in [-0.1, -0.05) is 45.8 Å². The molecule has 0 radical (unpaired) electrons. The molecule has 1 atom stereocenters. The van der Waals surface area contributed by atoms with Gasteiger partial charge in [0.15, 0.2) is 0 Å². The van der Waals surface area contributed by atoms with Crippen LogP contribution in [0.25, 0.3) is 0 Å². The predicted molar refractivity (Wildman–Crippen MR) is 84.0 cm³/mol. The molecule has 0 amide bonds. The first-order chi connectivity index (χ1) is 7.95. The van der Waals surface area contributed by atoms with E-state index >= 15 is 0 Å². The highest BCUT2D eigenvalue weighted by Crippen LogP contribution is 2.26. The summed E-state index contributed by atoms with van der Waals surface area (Å²) in [5, 5.41) is 0. The van der Waals surface area contributed by atoms with E-state index in [4.69, 9.17) is 0 Å². The Kier molecular flexibility index (Phi) is 6.63. The summed E-state index contributed by atoms with van der Waals surface area (Å²) in [5.74, 6) is 0. The zero-order valence-electron chi connectivity index (χ0n) is 14.1. The predicted octanol–water partition coefficient (Wildman–Crippen LogP) is 5.27. The lowest BCUT2D eigenvalue weighted by molar-refractivity contribution is 0.127. The second-order valence-electron chi connectivity index (χ2n) is 7.95. The Bertz CT molecular complexity index is 252. The Balaban J connectivity index is 4.27. The second kappa shape index (κ2) is 6.75. The third kappa shape index (κ3) is 7.20. The zero-order valence-corrected chi connectivity index (χ0v) is 14.1. The molecule has 0 heterocycles. The fourth-order valence-corrected chi connectivity index (χ4v) is 2.23. The van der Waals surface area contributed by atoms with Crippen LogP contribution in [0, 0.1) is 5.41 Å². The molecule has 0 aromatic heterocycles. The van der Waals surface area contributed by atoms with Gasteiger partial charge >= 0.3 is 0 Å². The summed E-state index contributed by atoms with van der Waals surface area (Å²) in [6.45, 7) is 20.1. The number of unbranched alkanes of at least 4 members (excludes halogenated alkanes) is 1. The number of nitrogens with zero attached hydrogens (tertiary/aromatic N) is 1. The molecule has 0 rings (SSSR count). The lowest BCUT2D eigenvalue weighted by Crippen LogP contribution is -2.45. The largest absolute Gasteiger partial charge is 0.295 e. The van der Waals surface area contributed by atoms with E-state index in [0.717, 1.165) is 0 Å². The average molecular weight is 253 g/mol. The van der Waals surface area contributed by atoms with Crippen LogP contribution in [0.1, 0.15) is 74.1 Å². The van der Waals surface area contributed by atoms with Crippen LogP contribution < -0.4 is 0 Å². The molecule has 18 heavy (non-hydrogen) atoms. The first-order valence-corrected chi connectivity index (χ1v) is 7.33. The third-order valence-corrected chi connectivity index (χ3v) is 3.75. The summed E-state index contributed by atoms with van der Waals surface area (Å²) in [6, 6.07) is 0.518. The van der Waals surface area contributed by atoms with Crippen molar-refractivity contribution in [2.24, 2.45) is 5.41 Å². The number of rotatable bonds is 6. The van der Waals surface area contributed by atoms with Gasteiger partial charge in [0.25, 0.3) is 0 Å². The Labute approximate surface area is 116 Å². The average Bonchev–Trinajstić information content (AvgIpc) is 2.13.